The van der Waals surface area contributed by atoms with E-state index in [0.29, 0.717) is 6.67 Å². The zero-order valence-corrected chi connectivity index (χ0v) is 19.1. The number of hydrogen-bond acceptors (Lipinski definition) is 3. The van der Waals surface area contributed by atoms with Gasteiger partial charge in [-0.1, -0.05) is 60.7 Å². The van der Waals surface area contributed by atoms with Gasteiger partial charge in [0.05, 0.1) is 0 Å². The Kier molecular flexibility index (Phi) is 5.70. The fourth-order valence-corrected chi connectivity index (χ4v) is 4.80. The second-order valence-corrected chi connectivity index (χ2v) is 8.83. The Bertz CT molecular complexity index is 1300. The fraction of sp³-hybridized carbons (Fsp3) is 0.167. The highest BCUT2D eigenvalue weighted by Gasteiger charge is 2.21. The Labute approximate surface area is 196 Å². The van der Waals surface area contributed by atoms with Crippen LogP contribution in [-0.4, -0.2) is 13.4 Å². The molecule has 1 aliphatic carbocycles. The van der Waals surface area contributed by atoms with Crippen LogP contribution in [0.5, 0.6) is 0 Å². The van der Waals surface area contributed by atoms with Gasteiger partial charge in [0, 0.05) is 22.8 Å². The second-order valence-electron chi connectivity index (χ2n) is 8.83. The van der Waals surface area contributed by atoms with Gasteiger partial charge in [0.25, 0.3) is 0 Å². The van der Waals surface area contributed by atoms with Crippen LogP contribution in [0.25, 0.3) is 0 Å². The summed E-state index contributed by atoms with van der Waals surface area (Å²) in [5, 5.41) is 3.60. The minimum atomic E-state index is 0.499. The molecular formula is C30H29N3. The van der Waals surface area contributed by atoms with Crippen LogP contribution in [0.15, 0.2) is 107 Å². The number of nitrogens with zero attached hydrogens (tertiary/aromatic N) is 2. The molecule has 0 fully saturated rings. The number of rotatable bonds is 4. The van der Waals surface area contributed by atoms with Gasteiger partial charge in [-0.05, 0) is 91.1 Å². The zero-order chi connectivity index (χ0) is 22.8. The molecule has 1 N–H and O–H groups in total. The summed E-state index contributed by atoms with van der Waals surface area (Å²) in [5.74, 6) is 0. The normalized spacial score (nSPS) is 16.0. The summed E-state index contributed by atoms with van der Waals surface area (Å²) in [4.78, 5) is 6.29. The van der Waals surface area contributed by atoms with Crippen molar-refractivity contribution >= 4 is 23.8 Å². The van der Waals surface area contributed by atoms with Crippen LogP contribution in [0, 0.1) is 6.92 Å². The quantitative estimate of drug-likeness (QED) is 0.454. The third-order valence-corrected chi connectivity index (χ3v) is 6.62. The Balaban J connectivity index is 1.48. The first kappa shape index (κ1) is 21.0. The number of aliphatic imine (C=N–C) groups is 1. The Hall–Kier alpha value is -3.85. The van der Waals surface area contributed by atoms with E-state index in [1.165, 1.54) is 33.4 Å². The number of benzene rings is 3. The lowest BCUT2D eigenvalue weighted by Crippen LogP contribution is -2.22. The number of anilines is 3. The average Bonchev–Trinajstić information content (AvgIpc) is 2.87. The Morgan fingerprint density at radius 3 is 2.52 bits per heavy atom. The van der Waals surface area contributed by atoms with Crippen LogP contribution < -0.4 is 10.2 Å². The summed E-state index contributed by atoms with van der Waals surface area (Å²) >= 11 is 0. The SMILES string of the molecule is C=NCN1C(=C)/C=C\C2=C(Cc3ccc(Nc4ccccc4C)cc3C2)Cc2ccccc21. The molecule has 164 valence electrons. The molecule has 3 heteroatoms. The van der Waals surface area contributed by atoms with Crippen molar-refractivity contribution in [2.24, 2.45) is 4.99 Å². The van der Waals surface area contributed by atoms with Crippen molar-refractivity contribution in [1.29, 1.82) is 0 Å². The predicted octanol–water partition coefficient (Wildman–Crippen LogP) is 6.92. The smallest absolute Gasteiger partial charge is 0.114 e. The summed E-state index contributed by atoms with van der Waals surface area (Å²) < 4.78 is 0. The van der Waals surface area contributed by atoms with Crippen molar-refractivity contribution < 1.29 is 0 Å². The predicted molar refractivity (Wildman–Crippen MR) is 141 cm³/mol. The number of nitrogens with one attached hydrogen (secondary N) is 1. The lowest BCUT2D eigenvalue weighted by Gasteiger charge is -2.26. The molecule has 0 saturated carbocycles. The largest absolute Gasteiger partial charge is 0.355 e. The molecule has 3 nitrogen and oxygen atoms in total. The van der Waals surface area contributed by atoms with E-state index in [0.717, 1.165) is 42.0 Å². The van der Waals surface area contributed by atoms with Gasteiger partial charge in [-0.3, -0.25) is 4.99 Å². The topological polar surface area (TPSA) is 27.6 Å². The minimum Gasteiger partial charge on any atom is -0.355 e. The van der Waals surface area contributed by atoms with Crippen molar-refractivity contribution in [3.63, 3.8) is 0 Å². The van der Waals surface area contributed by atoms with Gasteiger partial charge in [-0.2, -0.15) is 0 Å². The molecule has 0 unspecified atom stereocenters. The van der Waals surface area contributed by atoms with Crippen LogP contribution in [0.4, 0.5) is 17.1 Å². The van der Waals surface area contributed by atoms with Gasteiger partial charge in [-0.15, -0.1) is 0 Å². The van der Waals surface area contributed by atoms with Gasteiger partial charge in [0.2, 0.25) is 0 Å². The first-order chi connectivity index (χ1) is 16.1. The number of para-hydroxylation sites is 2. The number of fused-ring (bicyclic) bond motifs is 2. The average molecular weight is 432 g/mol. The van der Waals surface area contributed by atoms with E-state index in [1.54, 1.807) is 0 Å². The van der Waals surface area contributed by atoms with E-state index in [4.69, 9.17) is 0 Å². The summed E-state index contributed by atoms with van der Waals surface area (Å²) in [7, 11) is 0. The molecule has 0 radical (unpaired) electrons. The fourth-order valence-electron chi connectivity index (χ4n) is 4.80. The third-order valence-electron chi connectivity index (χ3n) is 6.62. The van der Waals surface area contributed by atoms with Gasteiger partial charge >= 0.3 is 0 Å². The molecule has 3 aromatic rings. The molecule has 1 heterocycles. The molecule has 0 amide bonds. The van der Waals surface area contributed by atoms with E-state index in [2.05, 4.69) is 114 Å². The lowest BCUT2D eigenvalue weighted by atomic mass is 9.83. The van der Waals surface area contributed by atoms with E-state index >= 15 is 0 Å². The van der Waals surface area contributed by atoms with Crippen LogP contribution in [-0.2, 0) is 19.3 Å². The van der Waals surface area contributed by atoms with Crippen LogP contribution in [0.3, 0.4) is 0 Å². The zero-order valence-electron chi connectivity index (χ0n) is 19.1. The van der Waals surface area contributed by atoms with Crippen LogP contribution in [0.2, 0.25) is 0 Å². The van der Waals surface area contributed by atoms with Crippen molar-refractivity contribution in [3.8, 4) is 0 Å². The van der Waals surface area contributed by atoms with E-state index < -0.39 is 0 Å². The Morgan fingerprint density at radius 2 is 1.67 bits per heavy atom. The second kappa shape index (κ2) is 8.95. The van der Waals surface area contributed by atoms with Gasteiger partial charge in [0.1, 0.15) is 6.67 Å². The summed E-state index contributed by atoms with van der Waals surface area (Å²) in [5.41, 5.74) is 12.6. The monoisotopic (exact) mass is 431 g/mol. The standard InChI is InChI=1S/C30H29N3/c1-21-8-4-6-10-29(21)32-28-15-14-24-16-26-18-25-9-5-7-11-30(25)33(20-31-3)22(2)12-13-23(26)17-27(24)19-28/h4-15,19,32H,2-3,16-18,20H2,1H3/b13-12-. The van der Waals surface area contributed by atoms with E-state index in [1.807, 2.05) is 0 Å². The van der Waals surface area contributed by atoms with Crippen molar-refractivity contribution in [2.75, 3.05) is 16.9 Å². The molecule has 0 spiro atoms. The summed E-state index contributed by atoms with van der Waals surface area (Å²) in [6.07, 6.45) is 7.21. The van der Waals surface area contributed by atoms with Crippen LogP contribution >= 0.6 is 0 Å². The number of aryl methyl sites for hydroxylation is 1. The molecule has 1 aliphatic heterocycles. The summed E-state index contributed by atoms with van der Waals surface area (Å²) in [6.45, 7) is 10.7. The molecule has 0 atom stereocenters. The molecule has 2 aliphatic rings. The summed E-state index contributed by atoms with van der Waals surface area (Å²) in [6, 6.07) is 23.8. The van der Waals surface area contributed by atoms with Crippen molar-refractivity contribution in [2.45, 2.75) is 26.2 Å². The maximum Gasteiger partial charge on any atom is 0.114 e. The third kappa shape index (κ3) is 4.27. The van der Waals surface area contributed by atoms with E-state index in [9.17, 15) is 0 Å². The van der Waals surface area contributed by atoms with Gasteiger partial charge in [0.15, 0.2) is 0 Å². The highest BCUT2D eigenvalue weighted by molar-refractivity contribution is 5.66. The molecule has 3 aromatic carbocycles. The molecule has 0 saturated heterocycles. The maximum absolute atomic E-state index is 4.33. The minimum absolute atomic E-state index is 0.499. The van der Waals surface area contributed by atoms with Gasteiger partial charge < -0.3 is 10.2 Å². The first-order valence-electron chi connectivity index (χ1n) is 11.4. The first-order valence-corrected chi connectivity index (χ1v) is 11.4. The molecule has 33 heavy (non-hydrogen) atoms. The molecule has 0 bridgehead atoms. The highest BCUT2D eigenvalue weighted by Crippen LogP contribution is 2.35. The Morgan fingerprint density at radius 1 is 0.879 bits per heavy atom. The maximum atomic E-state index is 4.33. The van der Waals surface area contributed by atoms with E-state index in [-0.39, 0.29) is 0 Å². The van der Waals surface area contributed by atoms with Crippen LogP contribution in [0.1, 0.15) is 22.3 Å². The van der Waals surface area contributed by atoms with Gasteiger partial charge in [-0.25, -0.2) is 0 Å². The van der Waals surface area contributed by atoms with Crippen molar-refractivity contribution in [3.05, 3.63) is 125 Å². The molecule has 0 aromatic heterocycles. The lowest BCUT2D eigenvalue weighted by molar-refractivity contribution is 0.914. The number of allylic oxidation sites excluding steroid dienone is 4. The number of hydrogen-bond donors (Lipinski definition) is 1. The van der Waals surface area contributed by atoms with Crippen molar-refractivity contribution in [1.82, 2.24) is 0 Å². The highest BCUT2D eigenvalue weighted by atomic mass is 15.2. The molecular weight excluding hydrogens is 402 g/mol. The molecule has 5 rings (SSSR count).